The van der Waals surface area contributed by atoms with Crippen LogP contribution < -0.4 is 0 Å². The van der Waals surface area contributed by atoms with Crippen molar-refractivity contribution in [3.05, 3.63) is 155 Å². The van der Waals surface area contributed by atoms with E-state index in [9.17, 15) is 19.7 Å². The third kappa shape index (κ3) is 9.05. The maximum Gasteiger partial charge on any atom is 0.280 e. The molecular formula is C30H18Cl5NO4. The largest absolute Gasteiger partial charge is 0.289 e. The summed E-state index contributed by atoms with van der Waals surface area (Å²) in [6.45, 7) is 0. The number of para-hydroxylation sites is 1. The minimum atomic E-state index is -0.583. The molecule has 0 atom stereocenters. The Morgan fingerprint density at radius 1 is 0.625 bits per heavy atom. The summed E-state index contributed by atoms with van der Waals surface area (Å²) >= 11 is 29.2. The fourth-order valence-electron chi connectivity index (χ4n) is 3.22. The van der Waals surface area contributed by atoms with Gasteiger partial charge in [-0.25, -0.2) is 0 Å². The van der Waals surface area contributed by atoms with Crippen LogP contribution in [0.5, 0.6) is 0 Å². The highest BCUT2D eigenvalue weighted by molar-refractivity contribution is 6.42. The van der Waals surface area contributed by atoms with Crippen molar-refractivity contribution >= 4 is 87.4 Å². The Bertz CT molecular complexity index is 1620. The fourth-order valence-corrected chi connectivity index (χ4v) is 3.96. The number of allylic oxidation sites excluding steroid dienone is 2. The quantitative estimate of drug-likeness (QED) is 0.0878. The second-order valence-electron chi connectivity index (χ2n) is 8.02. The molecule has 0 aromatic heterocycles. The van der Waals surface area contributed by atoms with Crippen LogP contribution in [0.15, 0.2) is 97.1 Å². The van der Waals surface area contributed by atoms with Crippen LogP contribution in [0, 0.1) is 10.1 Å². The van der Waals surface area contributed by atoms with Gasteiger partial charge < -0.3 is 0 Å². The molecule has 0 aliphatic heterocycles. The zero-order chi connectivity index (χ0) is 29.2. The Morgan fingerprint density at radius 3 is 1.62 bits per heavy atom. The van der Waals surface area contributed by atoms with Crippen molar-refractivity contribution in [2.24, 2.45) is 0 Å². The number of nitrogens with zero attached hydrogens (tertiary/aromatic N) is 1. The lowest BCUT2D eigenvalue weighted by molar-refractivity contribution is -0.385. The molecule has 0 bridgehead atoms. The van der Waals surface area contributed by atoms with Crippen LogP contribution in [-0.2, 0) is 0 Å². The molecule has 0 fully saturated rings. The van der Waals surface area contributed by atoms with Crippen LogP contribution in [0.3, 0.4) is 0 Å². The summed E-state index contributed by atoms with van der Waals surface area (Å²) in [4.78, 5) is 34.2. The van der Waals surface area contributed by atoms with Gasteiger partial charge >= 0.3 is 0 Å². The Hall–Kier alpha value is -3.45. The minimum Gasteiger partial charge on any atom is -0.289 e. The maximum absolute atomic E-state index is 12.0. The normalized spacial score (nSPS) is 10.8. The highest BCUT2D eigenvalue weighted by atomic mass is 35.5. The van der Waals surface area contributed by atoms with Crippen LogP contribution in [0.25, 0.3) is 12.2 Å². The zero-order valence-corrected chi connectivity index (χ0v) is 24.1. The standard InChI is InChI=1S/C15H9Cl3O.C15H9Cl2NO3/c16-12-5-3-11(4-6-12)15(19)8-2-10-1-7-13(17)14(18)9-10;16-12-7-5-10(9-13(12)17)6-8-15(19)11-3-1-2-4-14(11)18(20)21/h1-9H;1-9H. The molecule has 0 aliphatic rings. The van der Waals surface area contributed by atoms with E-state index in [0.29, 0.717) is 36.2 Å². The molecule has 4 aromatic carbocycles. The Labute approximate surface area is 255 Å². The lowest BCUT2D eigenvalue weighted by Gasteiger charge is -1.99. The molecule has 0 heterocycles. The van der Waals surface area contributed by atoms with Crippen molar-refractivity contribution < 1.29 is 14.5 Å². The van der Waals surface area contributed by atoms with Crippen LogP contribution in [0.2, 0.25) is 25.1 Å². The van der Waals surface area contributed by atoms with Crippen LogP contribution in [0.4, 0.5) is 5.69 Å². The van der Waals surface area contributed by atoms with E-state index in [2.05, 4.69) is 0 Å². The summed E-state index contributed by atoms with van der Waals surface area (Å²) in [7, 11) is 0. The van der Waals surface area contributed by atoms with E-state index in [1.165, 1.54) is 36.4 Å². The number of carbonyl (C=O) groups is 2. The third-order valence-electron chi connectivity index (χ3n) is 5.24. The number of carbonyl (C=O) groups excluding carboxylic acids is 2. The average Bonchev–Trinajstić information content (AvgIpc) is 2.94. The topological polar surface area (TPSA) is 77.3 Å². The van der Waals surface area contributed by atoms with Gasteiger partial charge in [-0.1, -0.05) is 94.4 Å². The van der Waals surface area contributed by atoms with E-state index in [0.717, 1.165) is 5.56 Å². The molecule has 0 N–H and O–H groups in total. The predicted octanol–water partition coefficient (Wildman–Crippen LogP) is 10.3. The summed E-state index contributed by atoms with van der Waals surface area (Å²) in [5, 5.41) is 13.2. The van der Waals surface area contributed by atoms with Gasteiger partial charge in [0.25, 0.3) is 5.69 Å². The summed E-state index contributed by atoms with van der Waals surface area (Å²) in [6, 6.07) is 22.6. The van der Waals surface area contributed by atoms with Crippen molar-refractivity contribution in [3.63, 3.8) is 0 Å². The second kappa shape index (κ2) is 14.8. The van der Waals surface area contributed by atoms with Gasteiger partial charge in [0.1, 0.15) is 0 Å². The van der Waals surface area contributed by atoms with E-state index in [4.69, 9.17) is 58.0 Å². The number of halogens is 5. The van der Waals surface area contributed by atoms with Crippen LogP contribution in [0.1, 0.15) is 31.8 Å². The number of rotatable bonds is 7. The number of hydrogen-bond acceptors (Lipinski definition) is 4. The molecule has 0 amide bonds. The van der Waals surface area contributed by atoms with E-state index >= 15 is 0 Å². The van der Waals surface area contributed by atoms with Crippen molar-refractivity contribution in [1.82, 2.24) is 0 Å². The van der Waals surface area contributed by atoms with Crippen molar-refractivity contribution in [2.75, 3.05) is 0 Å². The summed E-state index contributed by atoms with van der Waals surface area (Å²) in [5.41, 5.74) is 1.90. The Kier molecular flexibility index (Phi) is 11.5. The zero-order valence-electron chi connectivity index (χ0n) is 20.4. The monoisotopic (exact) mass is 631 g/mol. The van der Waals surface area contributed by atoms with Crippen molar-refractivity contribution in [1.29, 1.82) is 0 Å². The van der Waals surface area contributed by atoms with Crippen LogP contribution in [-0.4, -0.2) is 16.5 Å². The molecule has 4 rings (SSSR count). The van der Waals surface area contributed by atoms with E-state index in [-0.39, 0.29) is 17.0 Å². The van der Waals surface area contributed by atoms with Crippen molar-refractivity contribution in [2.45, 2.75) is 0 Å². The second-order valence-corrected chi connectivity index (χ2v) is 10.1. The van der Waals surface area contributed by atoms with Gasteiger partial charge in [0.05, 0.1) is 30.6 Å². The van der Waals surface area contributed by atoms with Gasteiger partial charge in [-0.2, -0.15) is 0 Å². The number of nitro benzene ring substituents is 1. The molecule has 202 valence electrons. The molecule has 0 saturated carbocycles. The summed E-state index contributed by atoms with van der Waals surface area (Å²) in [5.74, 6) is -0.545. The number of ketones is 2. The van der Waals surface area contributed by atoms with E-state index < -0.39 is 10.7 Å². The predicted molar refractivity (Wildman–Crippen MR) is 164 cm³/mol. The average molecular weight is 634 g/mol. The van der Waals surface area contributed by atoms with Gasteiger partial charge in [0, 0.05) is 16.7 Å². The number of hydrogen-bond donors (Lipinski definition) is 0. The summed E-state index contributed by atoms with van der Waals surface area (Å²) in [6.07, 6.45) is 5.98. The first kappa shape index (κ1) is 31.1. The van der Waals surface area contributed by atoms with E-state index in [1.807, 2.05) is 0 Å². The highest BCUT2D eigenvalue weighted by Gasteiger charge is 2.16. The molecule has 0 saturated heterocycles. The molecule has 0 aliphatic carbocycles. The van der Waals surface area contributed by atoms with Gasteiger partial charge in [0.15, 0.2) is 11.6 Å². The lowest BCUT2D eigenvalue weighted by atomic mass is 10.1. The summed E-state index contributed by atoms with van der Waals surface area (Å²) < 4.78 is 0. The molecule has 0 radical (unpaired) electrons. The fraction of sp³-hybridized carbons (Fsp3) is 0. The number of benzene rings is 4. The minimum absolute atomic E-state index is 0.0406. The first-order valence-corrected chi connectivity index (χ1v) is 13.3. The Balaban J connectivity index is 0.000000222. The van der Waals surface area contributed by atoms with E-state index in [1.54, 1.807) is 72.8 Å². The molecule has 0 spiro atoms. The van der Waals surface area contributed by atoms with Crippen molar-refractivity contribution in [3.8, 4) is 0 Å². The van der Waals surface area contributed by atoms with Gasteiger partial charge in [-0.15, -0.1) is 0 Å². The molecule has 4 aromatic rings. The SMILES string of the molecule is O=C(C=Cc1ccc(Cl)c(Cl)c1)c1ccc(Cl)cc1.O=C(C=Cc1ccc(Cl)c(Cl)c1)c1ccccc1[N+](=O)[O-]. The smallest absolute Gasteiger partial charge is 0.280 e. The van der Waals surface area contributed by atoms with Gasteiger partial charge in [0.2, 0.25) is 0 Å². The molecule has 0 unspecified atom stereocenters. The van der Waals surface area contributed by atoms with Crippen LogP contribution >= 0.6 is 58.0 Å². The first-order valence-electron chi connectivity index (χ1n) is 11.4. The lowest BCUT2D eigenvalue weighted by Crippen LogP contribution is -2.00. The van der Waals surface area contributed by atoms with Gasteiger partial charge in [-0.3, -0.25) is 19.7 Å². The third-order valence-corrected chi connectivity index (χ3v) is 6.97. The molecule has 10 heteroatoms. The molecular weight excluding hydrogens is 616 g/mol. The number of nitro groups is 1. The highest BCUT2D eigenvalue weighted by Crippen LogP contribution is 2.25. The maximum atomic E-state index is 12.0. The molecule has 5 nitrogen and oxygen atoms in total. The molecule has 40 heavy (non-hydrogen) atoms. The first-order chi connectivity index (χ1) is 19.0. The Morgan fingerprint density at radius 2 is 1.12 bits per heavy atom. The van der Waals surface area contributed by atoms with Gasteiger partial charge in [-0.05, 0) is 77.9 Å².